The Labute approximate surface area is 126 Å². The minimum atomic E-state index is -3.21. The van der Waals surface area contributed by atoms with Gasteiger partial charge in [-0.2, -0.15) is 0 Å². The number of rotatable bonds is 5. The van der Waals surface area contributed by atoms with E-state index in [2.05, 4.69) is 19.2 Å². The number of hydrogen-bond donors (Lipinski definition) is 2. The van der Waals surface area contributed by atoms with Crippen LogP contribution in [-0.2, 0) is 16.4 Å². The van der Waals surface area contributed by atoms with Crippen LogP contribution in [0.25, 0.3) is 0 Å². The topological polar surface area (TPSA) is 75.6 Å². The van der Waals surface area contributed by atoms with Crippen molar-refractivity contribution in [2.45, 2.75) is 45.6 Å². The number of ether oxygens (including phenoxy) is 1. The molecule has 2 atom stereocenters. The Morgan fingerprint density at radius 2 is 2.10 bits per heavy atom. The van der Waals surface area contributed by atoms with Crippen molar-refractivity contribution in [3.8, 4) is 5.75 Å². The summed E-state index contributed by atoms with van der Waals surface area (Å²) in [6.07, 6.45) is -1.64. The Balaban J connectivity index is 2.19. The van der Waals surface area contributed by atoms with E-state index < -0.39 is 22.0 Å². The molecule has 5 nitrogen and oxygen atoms in total. The Kier molecular flexibility index (Phi) is 4.91. The molecule has 1 saturated heterocycles. The molecule has 6 heteroatoms. The third-order valence-electron chi connectivity index (χ3n) is 3.54. The Hall–Kier alpha value is -1.11. The predicted molar refractivity (Wildman–Crippen MR) is 82.2 cm³/mol. The molecule has 0 saturated carbocycles. The van der Waals surface area contributed by atoms with Crippen LogP contribution in [0.4, 0.5) is 0 Å². The summed E-state index contributed by atoms with van der Waals surface area (Å²) in [5.41, 5.74) is 1.91. The molecule has 118 valence electrons. The van der Waals surface area contributed by atoms with Crippen LogP contribution in [-0.4, -0.2) is 43.3 Å². The van der Waals surface area contributed by atoms with E-state index in [1.165, 1.54) is 0 Å². The number of nitrogens with one attached hydrogen (secondary N) is 1. The normalized spacial score (nSPS) is 24.4. The second-order valence-electron chi connectivity index (χ2n) is 5.90. The smallest absolute Gasteiger partial charge is 0.156 e. The van der Waals surface area contributed by atoms with Crippen LogP contribution in [0.1, 0.15) is 25.0 Å². The van der Waals surface area contributed by atoms with E-state index in [4.69, 9.17) is 4.74 Å². The molecule has 21 heavy (non-hydrogen) atoms. The molecule has 2 unspecified atom stereocenters. The first-order chi connectivity index (χ1) is 9.78. The van der Waals surface area contributed by atoms with Crippen LogP contribution in [0.15, 0.2) is 18.2 Å². The monoisotopic (exact) mass is 313 g/mol. The highest BCUT2D eigenvalue weighted by Gasteiger charge is 2.38. The largest absolute Gasteiger partial charge is 0.486 e. The Bertz CT molecular complexity index is 598. The van der Waals surface area contributed by atoms with Crippen molar-refractivity contribution >= 4 is 9.84 Å². The number of aliphatic hydroxyl groups is 1. The van der Waals surface area contributed by atoms with Crippen molar-refractivity contribution < 1.29 is 18.3 Å². The van der Waals surface area contributed by atoms with Crippen LogP contribution in [0, 0.1) is 6.92 Å². The fourth-order valence-corrected chi connectivity index (χ4v) is 4.06. The van der Waals surface area contributed by atoms with Gasteiger partial charge in [-0.1, -0.05) is 32.0 Å². The molecule has 0 radical (unpaired) electrons. The van der Waals surface area contributed by atoms with E-state index in [-0.39, 0.29) is 11.5 Å². The fourth-order valence-electron chi connectivity index (χ4n) is 2.40. The maximum absolute atomic E-state index is 11.6. The van der Waals surface area contributed by atoms with Crippen molar-refractivity contribution in [2.24, 2.45) is 0 Å². The van der Waals surface area contributed by atoms with Gasteiger partial charge >= 0.3 is 0 Å². The van der Waals surface area contributed by atoms with Crippen molar-refractivity contribution in [1.29, 1.82) is 0 Å². The zero-order chi connectivity index (χ0) is 15.6. The molecule has 2 N–H and O–H groups in total. The molecule has 1 aliphatic heterocycles. The summed E-state index contributed by atoms with van der Waals surface area (Å²) in [7, 11) is -3.21. The maximum Gasteiger partial charge on any atom is 0.156 e. The van der Waals surface area contributed by atoms with Crippen molar-refractivity contribution in [3.05, 3.63) is 29.3 Å². The first kappa shape index (κ1) is 16.3. The first-order valence-electron chi connectivity index (χ1n) is 7.15. The average molecular weight is 313 g/mol. The van der Waals surface area contributed by atoms with Crippen LogP contribution >= 0.6 is 0 Å². The molecule has 0 spiro atoms. The zero-order valence-corrected chi connectivity index (χ0v) is 13.5. The maximum atomic E-state index is 11.6. The molecule has 1 aromatic carbocycles. The van der Waals surface area contributed by atoms with Crippen LogP contribution in [0.2, 0.25) is 0 Å². The summed E-state index contributed by atoms with van der Waals surface area (Å²) < 4.78 is 29.0. The lowest BCUT2D eigenvalue weighted by Crippen LogP contribution is -2.31. The summed E-state index contributed by atoms with van der Waals surface area (Å²) in [5, 5.41) is 13.2. The molecular weight excluding hydrogens is 290 g/mol. The third-order valence-corrected chi connectivity index (χ3v) is 5.22. The van der Waals surface area contributed by atoms with Gasteiger partial charge in [-0.3, -0.25) is 0 Å². The first-order valence-corrected chi connectivity index (χ1v) is 8.97. The average Bonchev–Trinajstić information content (AvgIpc) is 2.63. The standard InChI is InChI=1S/C15H23NO4S/c1-10(2)16-7-12-6-4-5-11(3)15(12)20-14-9-21(18,19)8-13(14)17/h4-6,10,13-14,16-17H,7-9H2,1-3H3. The molecule has 1 aromatic rings. The van der Waals surface area contributed by atoms with E-state index in [1.807, 2.05) is 25.1 Å². The number of hydrogen-bond acceptors (Lipinski definition) is 5. The summed E-state index contributed by atoms with van der Waals surface area (Å²) in [6, 6.07) is 6.16. The Morgan fingerprint density at radius 1 is 1.38 bits per heavy atom. The van der Waals surface area contributed by atoms with Gasteiger partial charge < -0.3 is 15.2 Å². The van der Waals surface area contributed by atoms with Crippen LogP contribution in [0.5, 0.6) is 5.75 Å². The number of para-hydroxylation sites is 1. The highest BCUT2D eigenvalue weighted by molar-refractivity contribution is 7.91. The second-order valence-corrected chi connectivity index (χ2v) is 8.05. The van der Waals surface area contributed by atoms with Crippen LogP contribution in [0.3, 0.4) is 0 Å². The summed E-state index contributed by atoms with van der Waals surface area (Å²) in [6.45, 7) is 6.68. The summed E-state index contributed by atoms with van der Waals surface area (Å²) in [5.74, 6) is 0.328. The van der Waals surface area contributed by atoms with Gasteiger partial charge in [-0.15, -0.1) is 0 Å². The summed E-state index contributed by atoms with van der Waals surface area (Å²) in [4.78, 5) is 0. The van der Waals surface area contributed by atoms with Gasteiger partial charge in [0, 0.05) is 18.2 Å². The van der Waals surface area contributed by atoms with E-state index >= 15 is 0 Å². The molecule has 0 bridgehead atoms. The number of sulfone groups is 1. The molecule has 1 aliphatic rings. The number of aliphatic hydroxyl groups excluding tert-OH is 1. The van der Waals surface area contributed by atoms with Gasteiger partial charge in [-0.25, -0.2) is 8.42 Å². The lowest BCUT2D eigenvalue weighted by Gasteiger charge is -2.21. The van der Waals surface area contributed by atoms with E-state index in [0.29, 0.717) is 18.3 Å². The van der Waals surface area contributed by atoms with Crippen molar-refractivity contribution in [3.63, 3.8) is 0 Å². The summed E-state index contributed by atoms with van der Waals surface area (Å²) >= 11 is 0. The van der Waals surface area contributed by atoms with Gasteiger partial charge in [0.25, 0.3) is 0 Å². The van der Waals surface area contributed by atoms with E-state index in [9.17, 15) is 13.5 Å². The van der Waals surface area contributed by atoms with E-state index in [1.54, 1.807) is 0 Å². The van der Waals surface area contributed by atoms with E-state index in [0.717, 1.165) is 11.1 Å². The highest BCUT2D eigenvalue weighted by Crippen LogP contribution is 2.27. The SMILES string of the molecule is Cc1cccc(CNC(C)C)c1OC1CS(=O)(=O)CC1O. The minimum absolute atomic E-state index is 0.125. The minimum Gasteiger partial charge on any atom is -0.486 e. The van der Waals surface area contributed by atoms with Gasteiger partial charge in [0.1, 0.15) is 18.0 Å². The molecular formula is C15H23NO4S. The van der Waals surface area contributed by atoms with Gasteiger partial charge in [0.05, 0.1) is 11.5 Å². The molecule has 2 rings (SSSR count). The second kappa shape index (κ2) is 6.34. The molecule has 0 aromatic heterocycles. The Morgan fingerprint density at radius 3 is 2.67 bits per heavy atom. The molecule has 1 heterocycles. The quantitative estimate of drug-likeness (QED) is 0.849. The van der Waals surface area contributed by atoms with Crippen molar-refractivity contribution in [1.82, 2.24) is 5.32 Å². The highest BCUT2D eigenvalue weighted by atomic mass is 32.2. The van der Waals surface area contributed by atoms with Gasteiger partial charge in [0.15, 0.2) is 9.84 Å². The molecule has 0 amide bonds. The van der Waals surface area contributed by atoms with Crippen molar-refractivity contribution in [2.75, 3.05) is 11.5 Å². The number of aryl methyl sites for hydroxylation is 1. The lowest BCUT2D eigenvalue weighted by atomic mass is 10.1. The lowest BCUT2D eigenvalue weighted by molar-refractivity contribution is 0.0726. The number of benzene rings is 1. The van der Waals surface area contributed by atoms with Crippen LogP contribution < -0.4 is 10.1 Å². The fraction of sp³-hybridized carbons (Fsp3) is 0.600. The molecule has 1 fully saturated rings. The van der Waals surface area contributed by atoms with Gasteiger partial charge in [-0.05, 0) is 12.5 Å². The predicted octanol–water partition coefficient (Wildman–Crippen LogP) is 1.03. The van der Waals surface area contributed by atoms with Gasteiger partial charge in [0.2, 0.25) is 0 Å². The third kappa shape index (κ3) is 4.18. The molecule has 0 aliphatic carbocycles. The zero-order valence-electron chi connectivity index (χ0n) is 12.7.